The Labute approximate surface area is 116 Å². The number of aromatic nitrogens is 3. The zero-order valence-corrected chi connectivity index (χ0v) is 11.4. The highest BCUT2D eigenvalue weighted by Gasteiger charge is 2.14. The summed E-state index contributed by atoms with van der Waals surface area (Å²) in [6.07, 6.45) is 1.43. The van der Waals surface area contributed by atoms with Crippen LogP contribution >= 0.6 is 0 Å². The summed E-state index contributed by atoms with van der Waals surface area (Å²) in [6.45, 7) is 3.98. The fourth-order valence-corrected chi connectivity index (χ4v) is 1.78. The number of benzene rings is 1. The largest absolute Gasteiger partial charge is 0.454 e. The van der Waals surface area contributed by atoms with Gasteiger partial charge in [0.15, 0.2) is 12.4 Å². The highest BCUT2D eigenvalue weighted by Crippen LogP contribution is 2.17. The van der Waals surface area contributed by atoms with Crippen LogP contribution in [0.1, 0.15) is 36.1 Å². The molecule has 0 amide bonds. The Bertz CT molecular complexity index is 621. The molecule has 0 aliphatic heterocycles. The average molecular weight is 275 g/mol. The Hall–Kier alpha value is -2.57. The lowest BCUT2D eigenvalue weighted by Gasteiger charge is -2.10. The molecule has 4 N–H and O–H groups in total. The van der Waals surface area contributed by atoms with Gasteiger partial charge in [0.05, 0.1) is 5.56 Å². The third-order valence-corrected chi connectivity index (χ3v) is 2.76. The molecule has 0 aliphatic carbocycles. The number of nitrogens with two attached hydrogens (primary N) is 2. The van der Waals surface area contributed by atoms with Crippen molar-refractivity contribution in [3.8, 4) is 0 Å². The first-order valence-electron chi connectivity index (χ1n) is 6.19. The number of hydrogen-bond acceptors (Lipinski definition) is 6. The summed E-state index contributed by atoms with van der Waals surface area (Å²) in [6, 6.07) is 4.81. The van der Waals surface area contributed by atoms with Crippen molar-refractivity contribution >= 4 is 17.3 Å². The van der Waals surface area contributed by atoms with E-state index < -0.39 is 5.97 Å². The van der Waals surface area contributed by atoms with Gasteiger partial charge in [0, 0.05) is 17.4 Å². The number of nitrogen functional groups attached to an aromatic ring is 2. The first-order chi connectivity index (χ1) is 9.49. The molecule has 0 radical (unpaired) electrons. The minimum absolute atomic E-state index is 0.0425. The highest BCUT2D eigenvalue weighted by molar-refractivity contribution is 5.95. The topological polar surface area (TPSA) is 109 Å². The van der Waals surface area contributed by atoms with Crippen LogP contribution in [-0.4, -0.2) is 20.7 Å². The molecule has 1 aromatic carbocycles. The molecule has 0 spiro atoms. The van der Waals surface area contributed by atoms with Gasteiger partial charge < -0.3 is 16.2 Å². The van der Waals surface area contributed by atoms with Gasteiger partial charge in [-0.25, -0.2) is 14.5 Å². The fourth-order valence-electron chi connectivity index (χ4n) is 1.78. The zero-order chi connectivity index (χ0) is 14.7. The molecule has 1 heterocycles. The minimum Gasteiger partial charge on any atom is -0.454 e. The van der Waals surface area contributed by atoms with E-state index in [1.165, 1.54) is 12.4 Å². The van der Waals surface area contributed by atoms with Crippen molar-refractivity contribution in [1.29, 1.82) is 0 Å². The van der Waals surface area contributed by atoms with Crippen LogP contribution in [0.15, 0.2) is 24.5 Å². The second-order valence-corrected chi connectivity index (χ2v) is 4.64. The number of carbonyl (C=O) groups excluding carboxylic acids is 1. The molecule has 0 bridgehead atoms. The Morgan fingerprint density at radius 3 is 2.80 bits per heavy atom. The van der Waals surface area contributed by atoms with Gasteiger partial charge in [-0.1, -0.05) is 0 Å². The molecule has 2 rings (SSSR count). The molecule has 7 heteroatoms. The molecule has 7 nitrogen and oxygen atoms in total. The third-order valence-electron chi connectivity index (χ3n) is 2.76. The molecule has 20 heavy (non-hydrogen) atoms. The van der Waals surface area contributed by atoms with Crippen LogP contribution in [0.3, 0.4) is 0 Å². The molecule has 1 aromatic heterocycles. The number of esters is 1. The summed E-state index contributed by atoms with van der Waals surface area (Å²) in [5.74, 6) is 0.0724. The number of anilines is 2. The normalized spacial score (nSPS) is 10.8. The minimum atomic E-state index is -0.513. The van der Waals surface area contributed by atoms with Crippen LogP contribution in [0.2, 0.25) is 0 Å². The van der Waals surface area contributed by atoms with Crippen LogP contribution in [0, 0.1) is 0 Å². The van der Waals surface area contributed by atoms with E-state index >= 15 is 0 Å². The maximum Gasteiger partial charge on any atom is 0.340 e. The van der Waals surface area contributed by atoms with Crippen molar-refractivity contribution < 1.29 is 9.53 Å². The monoisotopic (exact) mass is 275 g/mol. The lowest BCUT2D eigenvalue weighted by Crippen LogP contribution is -2.13. The van der Waals surface area contributed by atoms with Gasteiger partial charge in [0.1, 0.15) is 6.33 Å². The summed E-state index contributed by atoms with van der Waals surface area (Å²) in [4.78, 5) is 16.0. The van der Waals surface area contributed by atoms with Gasteiger partial charge in [0.25, 0.3) is 0 Å². The first-order valence-corrected chi connectivity index (χ1v) is 6.19. The van der Waals surface area contributed by atoms with Crippen LogP contribution in [0.25, 0.3) is 0 Å². The van der Waals surface area contributed by atoms with E-state index in [0.29, 0.717) is 17.2 Å². The average Bonchev–Trinajstić information content (AvgIpc) is 2.84. The second-order valence-electron chi connectivity index (χ2n) is 4.64. The summed E-state index contributed by atoms with van der Waals surface area (Å²) < 4.78 is 6.89. The van der Waals surface area contributed by atoms with Crippen molar-refractivity contribution in [2.24, 2.45) is 0 Å². The van der Waals surface area contributed by atoms with Crippen LogP contribution in [-0.2, 0) is 11.3 Å². The molecule has 0 aliphatic rings. The zero-order valence-electron chi connectivity index (χ0n) is 11.4. The molecule has 2 aromatic rings. The van der Waals surface area contributed by atoms with E-state index in [4.69, 9.17) is 16.2 Å². The van der Waals surface area contributed by atoms with Crippen molar-refractivity contribution in [2.45, 2.75) is 26.5 Å². The van der Waals surface area contributed by atoms with Gasteiger partial charge in [-0.05, 0) is 32.0 Å². The van der Waals surface area contributed by atoms with Crippen molar-refractivity contribution in [3.05, 3.63) is 35.9 Å². The maximum atomic E-state index is 12.0. The smallest absolute Gasteiger partial charge is 0.340 e. The van der Waals surface area contributed by atoms with Crippen LogP contribution < -0.4 is 11.5 Å². The summed E-state index contributed by atoms with van der Waals surface area (Å²) >= 11 is 0. The second kappa shape index (κ2) is 5.60. The number of carbonyl (C=O) groups is 1. The Kier molecular flexibility index (Phi) is 3.88. The lowest BCUT2D eigenvalue weighted by atomic mass is 10.1. The lowest BCUT2D eigenvalue weighted by molar-refractivity contribution is 0.0456. The van der Waals surface area contributed by atoms with Gasteiger partial charge in [-0.2, -0.15) is 5.10 Å². The van der Waals surface area contributed by atoms with Crippen molar-refractivity contribution in [3.63, 3.8) is 0 Å². The molecular formula is C13H17N5O2. The summed E-state index contributed by atoms with van der Waals surface area (Å²) in [5.41, 5.74) is 12.4. The van der Waals surface area contributed by atoms with E-state index in [9.17, 15) is 4.79 Å². The maximum absolute atomic E-state index is 12.0. The predicted octanol–water partition coefficient (Wildman–Crippen LogP) is 1.38. The van der Waals surface area contributed by atoms with Crippen molar-refractivity contribution in [2.75, 3.05) is 11.5 Å². The standard InChI is InChI=1S/C13H17N5O2/c1-8(2)18-12(16-7-17-18)6-20-13(19)10-4-3-9(14)5-11(10)15/h3-5,7-8H,6,14-15H2,1-2H3. The van der Waals surface area contributed by atoms with Gasteiger partial charge in [-0.15, -0.1) is 0 Å². The summed E-state index contributed by atoms with van der Waals surface area (Å²) in [5, 5.41) is 4.07. The van der Waals surface area contributed by atoms with Crippen molar-refractivity contribution in [1.82, 2.24) is 14.8 Å². The number of ether oxygens (including phenoxy) is 1. The molecule has 0 fully saturated rings. The first kappa shape index (κ1) is 13.9. The van der Waals surface area contributed by atoms with E-state index in [1.807, 2.05) is 13.8 Å². The molecule has 0 unspecified atom stereocenters. The molecular weight excluding hydrogens is 258 g/mol. The van der Waals surface area contributed by atoms with E-state index in [2.05, 4.69) is 10.1 Å². The highest BCUT2D eigenvalue weighted by atomic mass is 16.5. The Balaban J connectivity index is 2.07. The van der Waals surface area contributed by atoms with E-state index in [1.54, 1.807) is 16.8 Å². The van der Waals surface area contributed by atoms with Crippen LogP contribution in [0.4, 0.5) is 11.4 Å². The Morgan fingerprint density at radius 1 is 1.40 bits per heavy atom. The molecule has 0 atom stereocenters. The van der Waals surface area contributed by atoms with E-state index in [-0.39, 0.29) is 18.2 Å². The van der Waals surface area contributed by atoms with Gasteiger partial charge in [-0.3, -0.25) is 0 Å². The third kappa shape index (κ3) is 2.87. The number of nitrogens with zero attached hydrogens (tertiary/aromatic N) is 3. The van der Waals surface area contributed by atoms with Crippen LogP contribution in [0.5, 0.6) is 0 Å². The number of rotatable bonds is 4. The molecule has 0 saturated heterocycles. The summed E-state index contributed by atoms with van der Waals surface area (Å²) in [7, 11) is 0. The molecule has 106 valence electrons. The Morgan fingerprint density at radius 2 is 2.15 bits per heavy atom. The van der Waals surface area contributed by atoms with E-state index in [0.717, 1.165) is 0 Å². The van der Waals surface area contributed by atoms with Gasteiger partial charge >= 0.3 is 5.97 Å². The van der Waals surface area contributed by atoms with Gasteiger partial charge in [0.2, 0.25) is 0 Å². The SMILES string of the molecule is CC(C)n1ncnc1COC(=O)c1ccc(N)cc1N. The number of hydrogen-bond donors (Lipinski definition) is 2. The predicted molar refractivity (Wildman–Crippen MR) is 74.8 cm³/mol. The molecule has 0 saturated carbocycles. The fraction of sp³-hybridized carbons (Fsp3) is 0.308. The quantitative estimate of drug-likeness (QED) is 0.644.